The summed E-state index contributed by atoms with van der Waals surface area (Å²) >= 11 is 0. The van der Waals surface area contributed by atoms with Gasteiger partial charge in [-0.2, -0.15) is 4.52 Å². The van der Waals surface area contributed by atoms with Crippen LogP contribution in [0.4, 0.5) is 5.69 Å². The van der Waals surface area contributed by atoms with E-state index in [-0.39, 0.29) is 23.7 Å². The first-order valence-electron chi connectivity index (χ1n) is 6.39. The quantitative estimate of drug-likeness (QED) is 0.764. The van der Waals surface area contributed by atoms with Gasteiger partial charge in [-0.15, -0.1) is 0 Å². The lowest BCUT2D eigenvalue weighted by atomic mass is 10.2. The molecule has 1 amide bonds. The van der Waals surface area contributed by atoms with Crippen LogP contribution in [0.2, 0.25) is 0 Å². The van der Waals surface area contributed by atoms with Crippen molar-refractivity contribution >= 4 is 17.4 Å². The molecule has 0 aliphatic heterocycles. The molecule has 2 heterocycles. The molecular weight excluding hydrogens is 270 g/mol. The van der Waals surface area contributed by atoms with Gasteiger partial charge in [0.15, 0.2) is 0 Å². The van der Waals surface area contributed by atoms with Crippen molar-refractivity contribution < 1.29 is 4.79 Å². The molecule has 21 heavy (non-hydrogen) atoms. The summed E-state index contributed by atoms with van der Waals surface area (Å²) in [6.07, 6.45) is 1.43. The van der Waals surface area contributed by atoms with E-state index in [9.17, 15) is 9.59 Å². The molecule has 0 saturated carbocycles. The maximum absolute atomic E-state index is 12.2. The van der Waals surface area contributed by atoms with Gasteiger partial charge in [0.25, 0.3) is 11.3 Å². The summed E-state index contributed by atoms with van der Waals surface area (Å²) in [4.78, 5) is 33.7. The fourth-order valence-electron chi connectivity index (χ4n) is 2.03. The number of carbonyl (C=O) groups excluding carboxylic acids is 1. The third-order valence-electron chi connectivity index (χ3n) is 3.17. The minimum atomic E-state index is -0.289. The molecule has 7 heteroatoms. The van der Waals surface area contributed by atoms with Gasteiger partial charge in [0.05, 0.1) is 12.1 Å². The molecule has 0 spiro atoms. The lowest BCUT2D eigenvalue weighted by Crippen LogP contribution is -2.29. The number of nitrogens with one attached hydrogen (secondary N) is 1. The summed E-state index contributed by atoms with van der Waals surface area (Å²) in [6, 6.07) is 10.6. The summed E-state index contributed by atoms with van der Waals surface area (Å²) < 4.78 is 1.22. The van der Waals surface area contributed by atoms with Crippen LogP contribution in [-0.2, 0) is 11.2 Å². The normalized spacial score (nSPS) is 10.7. The topological polar surface area (TPSA) is 83.4 Å². The molecule has 3 aromatic rings. The zero-order chi connectivity index (χ0) is 14.8. The predicted octanol–water partition coefficient (Wildman–Crippen LogP) is 0.623. The van der Waals surface area contributed by atoms with Crippen LogP contribution < -0.4 is 10.5 Å². The van der Waals surface area contributed by atoms with E-state index in [0.29, 0.717) is 5.69 Å². The number of carbonyl (C=O) groups is 1. The van der Waals surface area contributed by atoms with E-state index in [1.54, 1.807) is 7.05 Å². The number of benzene rings is 1. The minimum absolute atomic E-state index is 0.0456. The van der Waals surface area contributed by atoms with Crippen molar-refractivity contribution in [2.24, 2.45) is 0 Å². The minimum Gasteiger partial charge on any atom is -0.315 e. The fraction of sp³-hybridized carbons (Fsp3) is 0.143. The van der Waals surface area contributed by atoms with Crippen molar-refractivity contribution in [2.45, 2.75) is 6.42 Å². The van der Waals surface area contributed by atoms with Gasteiger partial charge in [0.1, 0.15) is 6.33 Å². The predicted molar refractivity (Wildman–Crippen MR) is 77.2 cm³/mol. The van der Waals surface area contributed by atoms with E-state index < -0.39 is 0 Å². The highest BCUT2D eigenvalue weighted by Gasteiger charge is 2.14. The van der Waals surface area contributed by atoms with E-state index in [4.69, 9.17) is 0 Å². The number of likely N-dealkylation sites (N-methyl/N-ethyl adjacent to an activating group) is 1. The Morgan fingerprint density at radius 1 is 1.33 bits per heavy atom. The van der Waals surface area contributed by atoms with Crippen LogP contribution in [0.1, 0.15) is 5.69 Å². The van der Waals surface area contributed by atoms with Gasteiger partial charge in [-0.25, -0.2) is 9.97 Å². The number of amides is 1. The van der Waals surface area contributed by atoms with Crippen LogP contribution in [0.15, 0.2) is 47.5 Å². The number of H-pyrrole nitrogens is 1. The molecule has 0 aliphatic carbocycles. The summed E-state index contributed by atoms with van der Waals surface area (Å²) in [5.74, 6) is 0.112. The maximum atomic E-state index is 12.2. The summed E-state index contributed by atoms with van der Waals surface area (Å²) in [5, 5.41) is 2.65. The van der Waals surface area contributed by atoms with Crippen LogP contribution in [0, 0.1) is 0 Å². The smallest absolute Gasteiger partial charge is 0.274 e. The van der Waals surface area contributed by atoms with Crippen LogP contribution in [0.5, 0.6) is 0 Å². The SMILES string of the molecule is CN(C(=O)Cc1cc(=O)n2[nH]cnc2n1)c1ccccc1. The number of hydrogen-bond donors (Lipinski definition) is 1. The summed E-state index contributed by atoms with van der Waals surface area (Å²) in [7, 11) is 1.69. The van der Waals surface area contributed by atoms with Gasteiger partial charge in [0, 0.05) is 18.8 Å². The third kappa shape index (κ3) is 2.53. The Labute approximate surface area is 119 Å². The summed E-state index contributed by atoms with van der Waals surface area (Å²) in [5.41, 5.74) is 0.905. The van der Waals surface area contributed by atoms with Gasteiger partial charge in [0.2, 0.25) is 5.91 Å². The van der Waals surface area contributed by atoms with E-state index in [1.807, 2.05) is 30.3 Å². The first-order valence-corrected chi connectivity index (χ1v) is 6.39. The number of aromatic nitrogens is 4. The van der Waals surface area contributed by atoms with E-state index in [2.05, 4.69) is 15.1 Å². The average molecular weight is 283 g/mol. The Balaban J connectivity index is 1.84. The zero-order valence-corrected chi connectivity index (χ0v) is 11.4. The zero-order valence-electron chi connectivity index (χ0n) is 11.4. The number of fused-ring (bicyclic) bond motifs is 1. The number of aromatic amines is 1. The first kappa shape index (κ1) is 13.0. The van der Waals surface area contributed by atoms with Crippen LogP contribution >= 0.6 is 0 Å². The van der Waals surface area contributed by atoms with Crippen LogP contribution in [0.25, 0.3) is 5.78 Å². The van der Waals surface area contributed by atoms with Gasteiger partial charge >= 0.3 is 0 Å². The van der Waals surface area contributed by atoms with Gasteiger partial charge < -0.3 is 4.90 Å². The molecule has 0 bridgehead atoms. The molecule has 1 aromatic carbocycles. The second-order valence-electron chi connectivity index (χ2n) is 4.57. The molecule has 1 N–H and O–H groups in total. The van der Waals surface area contributed by atoms with Crippen molar-refractivity contribution in [3.63, 3.8) is 0 Å². The monoisotopic (exact) mass is 283 g/mol. The molecule has 0 saturated heterocycles. The van der Waals surface area contributed by atoms with Crippen molar-refractivity contribution in [1.82, 2.24) is 19.6 Å². The van der Waals surface area contributed by atoms with Crippen molar-refractivity contribution in [1.29, 1.82) is 0 Å². The van der Waals surface area contributed by atoms with E-state index in [0.717, 1.165) is 5.69 Å². The molecule has 0 radical (unpaired) electrons. The second-order valence-corrected chi connectivity index (χ2v) is 4.57. The molecule has 0 unspecified atom stereocenters. The molecule has 3 rings (SSSR count). The van der Waals surface area contributed by atoms with Crippen LogP contribution in [0.3, 0.4) is 0 Å². The highest BCUT2D eigenvalue weighted by Crippen LogP contribution is 2.12. The van der Waals surface area contributed by atoms with Crippen molar-refractivity contribution in [3.05, 3.63) is 58.8 Å². The maximum Gasteiger partial charge on any atom is 0.274 e. The Hall–Kier alpha value is -2.96. The average Bonchev–Trinajstić information content (AvgIpc) is 2.96. The number of para-hydroxylation sites is 1. The Morgan fingerprint density at radius 3 is 2.86 bits per heavy atom. The fourth-order valence-corrected chi connectivity index (χ4v) is 2.03. The number of anilines is 1. The lowest BCUT2D eigenvalue weighted by Gasteiger charge is -2.16. The lowest BCUT2D eigenvalue weighted by molar-refractivity contribution is -0.117. The number of rotatable bonds is 3. The largest absolute Gasteiger partial charge is 0.315 e. The molecular formula is C14H13N5O2. The highest BCUT2D eigenvalue weighted by atomic mass is 16.2. The molecule has 0 fully saturated rings. The van der Waals surface area contributed by atoms with E-state index in [1.165, 1.54) is 21.8 Å². The van der Waals surface area contributed by atoms with Crippen molar-refractivity contribution in [3.8, 4) is 0 Å². The van der Waals surface area contributed by atoms with E-state index >= 15 is 0 Å². The first-order chi connectivity index (χ1) is 10.1. The Morgan fingerprint density at radius 2 is 2.10 bits per heavy atom. The van der Waals surface area contributed by atoms with Crippen LogP contribution in [-0.4, -0.2) is 32.5 Å². The molecule has 0 aliphatic rings. The number of hydrogen-bond acceptors (Lipinski definition) is 4. The molecule has 2 aromatic heterocycles. The molecule has 106 valence electrons. The molecule has 7 nitrogen and oxygen atoms in total. The second kappa shape index (κ2) is 5.20. The Bertz CT molecular complexity index is 837. The van der Waals surface area contributed by atoms with Gasteiger partial charge in [-0.3, -0.25) is 14.7 Å². The van der Waals surface area contributed by atoms with Crippen molar-refractivity contribution in [2.75, 3.05) is 11.9 Å². The van der Waals surface area contributed by atoms with Gasteiger partial charge in [-0.1, -0.05) is 18.2 Å². The summed E-state index contributed by atoms with van der Waals surface area (Å²) in [6.45, 7) is 0. The molecule has 0 atom stereocenters. The standard InChI is InChI=1S/C14H13N5O2/c1-18(11-5-3-2-4-6-11)12(20)7-10-8-13(21)19-14(17-10)15-9-16-19/h2-6,8-9H,7H2,1H3,(H,15,16,17). The third-order valence-corrected chi connectivity index (χ3v) is 3.17. The number of nitrogens with zero attached hydrogens (tertiary/aromatic N) is 4. The highest BCUT2D eigenvalue weighted by molar-refractivity contribution is 5.93. The van der Waals surface area contributed by atoms with Gasteiger partial charge in [-0.05, 0) is 12.1 Å². The Kier molecular flexibility index (Phi) is 3.23.